The quantitative estimate of drug-likeness (QED) is 0.114. The molecule has 0 saturated heterocycles. The minimum atomic E-state index is -0.381. The lowest BCUT2D eigenvalue weighted by molar-refractivity contribution is 0.413. The van der Waals surface area contributed by atoms with E-state index in [-0.39, 0.29) is 46.8 Å². The lowest BCUT2D eigenvalue weighted by Gasteiger charge is -2.42. The fourth-order valence-electron chi connectivity index (χ4n) is 23.9. The van der Waals surface area contributed by atoms with Crippen molar-refractivity contribution in [3.05, 3.63) is 348 Å². The van der Waals surface area contributed by atoms with Crippen LogP contribution in [-0.2, 0) is 50.3 Å². The van der Waals surface area contributed by atoms with Crippen molar-refractivity contribution < 1.29 is 17.7 Å². The van der Waals surface area contributed by atoms with Crippen molar-refractivity contribution in [1.29, 1.82) is 0 Å². The van der Waals surface area contributed by atoms with E-state index >= 15 is 0 Å². The number of rotatable bonds is 12. The maximum Gasteiger partial charge on any atom is 0.159 e. The highest BCUT2D eigenvalue weighted by Gasteiger charge is 2.51. The zero-order valence-corrected chi connectivity index (χ0v) is 82.8. The van der Waals surface area contributed by atoms with Gasteiger partial charge >= 0.3 is 0 Å². The monoisotopic (exact) mass is 1820 g/mol. The molecule has 4 atom stereocenters. The standard InChI is InChI=1S/C32H30N4O.2C29H30N4O.C28H28N4O/c1-20-18-19-23-22-12-6-11-17-28(22)37-30(23)29(20)35-21(2)36(27-16-10-9-15-26(27)35)32(3,4)31-33-24-13-7-8-14-25(24)34(31)5;1-18-15-16-22-21-11-7-10-14-25(21)34-28(22)27(18)32-20(3)33(24-13-9-8-12-23(24)32)29(4,5)26-17-30-19(2)31(26)6;1-18-15-16-22-21-11-7-10-14-25(21)34-28(22)27(18)32-20(3)33(24-13-9-8-12-23(24)32)29(4,5)26-17-19(2)30-31(26)6;1-18-14-15-21-20-10-6-9-13-24(20)33-26(21)25(18)31-19(2)32(23-12-8-7-11-22(23)31)28(3,4)27-29-16-17-30(27)5/h6-19,21H,1-5H3;2*7-17,20H,1-6H3;6-17,19H,1-5H3/t21-;2*20-;19-/m1111/s1. The Bertz CT molecular complexity index is 8200. The summed E-state index contributed by atoms with van der Waals surface area (Å²) >= 11 is 0. The van der Waals surface area contributed by atoms with Crippen molar-refractivity contribution in [2.45, 2.75) is 171 Å². The first-order valence-corrected chi connectivity index (χ1v) is 48.1. The molecule has 25 rings (SSSR count). The number of hydrogen-bond donors (Lipinski definition) is 0. The summed E-state index contributed by atoms with van der Waals surface area (Å²) < 4.78 is 34.6. The summed E-state index contributed by atoms with van der Waals surface area (Å²) in [4.78, 5) is 34.2. The first-order valence-electron chi connectivity index (χ1n) is 48.1. The van der Waals surface area contributed by atoms with Gasteiger partial charge in [-0.15, -0.1) is 0 Å². The van der Waals surface area contributed by atoms with E-state index in [1.165, 1.54) is 79.1 Å². The molecule has 0 amide bonds. The molecule has 20 heteroatoms. The number of anilines is 12. The number of aryl methyl sites for hydroxylation is 9. The van der Waals surface area contributed by atoms with Crippen molar-refractivity contribution in [3.8, 4) is 0 Å². The summed E-state index contributed by atoms with van der Waals surface area (Å²) in [5, 5.41) is 13.9. The molecule has 138 heavy (non-hydrogen) atoms. The van der Waals surface area contributed by atoms with Crippen molar-refractivity contribution in [2.24, 2.45) is 28.2 Å². The largest absolute Gasteiger partial charge is 0.454 e. The lowest BCUT2D eigenvalue weighted by Crippen LogP contribution is -2.50. The van der Waals surface area contributed by atoms with Crippen molar-refractivity contribution in [3.63, 3.8) is 0 Å². The average Bonchev–Trinajstić information content (AvgIpc) is 1.57. The third-order valence-electron chi connectivity index (χ3n) is 30.0. The predicted octanol–water partition coefficient (Wildman–Crippen LogP) is 29.2. The highest BCUT2D eigenvalue weighted by atomic mass is 16.3. The number of nitrogens with zero attached hydrogens (tertiary/aromatic N) is 16. The number of imidazole rings is 3. The fourth-order valence-corrected chi connectivity index (χ4v) is 23.9. The molecule has 0 saturated carbocycles. The molecule has 0 fully saturated rings. The van der Waals surface area contributed by atoms with E-state index in [0.717, 1.165) is 145 Å². The fraction of sp³-hybridized carbons (Fsp3) is 0.254. The minimum absolute atomic E-state index is 0.0322. The van der Waals surface area contributed by atoms with E-state index in [1.807, 2.05) is 60.7 Å². The molecule has 694 valence electrons. The van der Waals surface area contributed by atoms with Crippen LogP contribution in [0.25, 0.3) is 98.8 Å². The minimum Gasteiger partial charge on any atom is -0.454 e. The van der Waals surface area contributed by atoms with Crippen LogP contribution in [0.3, 0.4) is 0 Å². The van der Waals surface area contributed by atoms with E-state index in [0.29, 0.717) is 0 Å². The number of hydrogen-bond acceptors (Lipinski definition) is 16. The molecule has 0 N–H and O–H groups in total. The van der Waals surface area contributed by atoms with Crippen LogP contribution in [0.5, 0.6) is 0 Å². The van der Waals surface area contributed by atoms with Gasteiger partial charge in [-0.2, -0.15) is 5.10 Å². The normalized spacial score (nSPS) is 16.1. The second-order valence-electron chi connectivity index (χ2n) is 39.9. The summed E-state index contributed by atoms with van der Waals surface area (Å²) in [6.07, 6.45) is 6.14. The van der Waals surface area contributed by atoms with Gasteiger partial charge in [-0.3, -0.25) is 4.68 Å². The van der Waals surface area contributed by atoms with E-state index < -0.39 is 0 Å². The molecule has 4 aliphatic heterocycles. The van der Waals surface area contributed by atoms with Gasteiger partial charge in [0.15, 0.2) is 22.3 Å². The molecule has 20 nitrogen and oxygen atoms in total. The van der Waals surface area contributed by atoms with Crippen LogP contribution in [-0.4, -0.2) is 63.1 Å². The van der Waals surface area contributed by atoms with Crippen LogP contribution in [0.4, 0.5) is 68.2 Å². The molecule has 21 aromatic rings. The van der Waals surface area contributed by atoms with Gasteiger partial charge in [0, 0.05) is 83.7 Å². The van der Waals surface area contributed by atoms with E-state index in [2.05, 4.69) is 451 Å². The Labute approximate surface area is 805 Å². The number of aromatic nitrogens is 8. The predicted molar refractivity (Wildman–Crippen MR) is 568 cm³/mol. The van der Waals surface area contributed by atoms with E-state index in [9.17, 15) is 0 Å². The summed E-state index contributed by atoms with van der Waals surface area (Å²) in [6, 6.07) is 96.1. The number of benzene rings is 13. The van der Waals surface area contributed by atoms with Gasteiger partial charge < -0.3 is 70.6 Å². The highest BCUT2D eigenvalue weighted by molar-refractivity contribution is 6.15. The van der Waals surface area contributed by atoms with E-state index in [1.54, 1.807) is 0 Å². The first-order chi connectivity index (χ1) is 66.4. The van der Waals surface area contributed by atoms with Crippen LogP contribution in [0, 0.1) is 41.5 Å². The van der Waals surface area contributed by atoms with Crippen molar-refractivity contribution in [2.75, 3.05) is 39.2 Å². The topological polar surface area (TPSA) is 150 Å². The van der Waals surface area contributed by atoms with Gasteiger partial charge in [-0.1, -0.05) is 182 Å². The Morgan fingerprint density at radius 2 is 0.601 bits per heavy atom. The molecular weight excluding hydrogens is 1710 g/mol. The zero-order chi connectivity index (χ0) is 95.9. The van der Waals surface area contributed by atoms with Crippen molar-refractivity contribution >= 4 is 167 Å². The smallest absolute Gasteiger partial charge is 0.159 e. The van der Waals surface area contributed by atoms with Crippen LogP contribution >= 0.6 is 0 Å². The maximum absolute atomic E-state index is 6.53. The molecule has 8 aromatic heterocycles. The number of fused-ring (bicyclic) bond motifs is 17. The molecule has 13 aromatic carbocycles. The average molecular weight is 1820 g/mol. The third-order valence-corrected chi connectivity index (χ3v) is 30.0. The van der Waals surface area contributed by atoms with Crippen LogP contribution in [0.2, 0.25) is 0 Å². The summed E-state index contributed by atoms with van der Waals surface area (Å²) in [5.41, 5.74) is 30.6. The Hall–Kier alpha value is -15.4. The summed E-state index contributed by atoms with van der Waals surface area (Å²) in [6.45, 7) is 40.1. The van der Waals surface area contributed by atoms with E-state index in [4.69, 9.17) is 27.6 Å². The van der Waals surface area contributed by atoms with Crippen LogP contribution < -0.4 is 39.2 Å². The van der Waals surface area contributed by atoms with Gasteiger partial charge in [0.2, 0.25) is 0 Å². The first kappa shape index (κ1) is 87.9. The van der Waals surface area contributed by atoms with Crippen molar-refractivity contribution in [1.82, 2.24) is 38.4 Å². The Balaban J connectivity index is 0.000000106. The van der Waals surface area contributed by atoms with Gasteiger partial charge in [-0.25, -0.2) is 15.0 Å². The molecule has 0 aliphatic carbocycles. The van der Waals surface area contributed by atoms with Crippen LogP contribution in [0.1, 0.15) is 140 Å². The second kappa shape index (κ2) is 32.7. The van der Waals surface area contributed by atoms with Gasteiger partial charge in [0.1, 0.15) is 64.5 Å². The van der Waals surface area contributed by atoms with Gasteiger partial charge in [0.05, 0.1) is 125 Å². The molecule has 0 unspecified atom stereocenters. The Morgan fingerprint density at radius 3 is 0.913 bits per heavy atom. The number of furan rings is 4. The SMILES string of the molecule is Cc1cc(C(C)(C)N2c3ccccc3N(c3c(C)ccc4c3oc3ccccc34)[C@H]2C)n(C)n1.Cc1ccc2c(oc3ccccc32)c1N1c2ccccc2N(C(C)(C)c2cnc(C)n2C)[C@@H]1C.Cc1ccc2c(oc3ccccc32)c1N1c2ccccc2N(C(C)(C)c2nc3ccccc3n2C)[C@@H]1C.Cc1ccc2c(oc3ccccc32)c1N1c2ccccc2N(C(C)(C)c2nccn2C)[C@@H]1C. The molecule has 4 aliphatic rings. The molecular formula is C118H118N16O4. The molecule has 12 heterocycles. The summed E-state index contributed by atoms with van der Waals surface area (Å²) in [7, 11) is 8.32. The Morgan fingerprint density at radius 1 is 0.297 bits per heavy atom. The highest BCUT2D eigenvalue weighted by Crippen LogP contribution is 2.59. The maximum atomic E-state index is 6.53. The van der Waals surface area contributed by atoms with Gasteiger partial charge in [0.25, 0.3) is 0 Å². The lowest BCUT2D eigenvalue weighted by atomic mass is 9.96. The zero-order valence-electron chi connectivity index (χ0n) is 82.8. The molecule has 0 radical (unpaired) electrons. The third kappa shape index (κ3) is 13.4. The number of para-hydroxylation sites is 14. The van der Waals surface area contributed by atoms with Crippen LogP contribution in [0.15, 0.2) is 309 Å². The van der Waals surface area contributed by atoms with Gasteiger partial charge in [-0.05, 0) is 238 Å². The molecule has 0 spiro atoms. The Kier molecular flexibility index (Phi) is 20.8. The second-order valence-corrected chi connectivity index (χ2v) is 39.9. The summed E-state index contributed by atoms with van der Waals surface area (Å²) in [5.74, 6) is 3.09. The molecule has 0 bridgehead atoms.